The fourth-order valence-electron chi connectivity index (χ4n) is 2.27. The highest BCUT2D eigenvalue weighted by Crippen LogP contribution is 2.19. The number of rotatable bonds is 4. The van der Waals surface area contributed by atoms with Crippen LogP contribution in [0.3, 0.4) is 0 Å². The van der Waals surface area contributed by atoms with E-state index in [4.69, 9.17) is 11.6 Å². The van der Waals surface area contributed by atoms with Gasteiger partial charge in [-0.3, -0.25) is 9.59 Å². The molecular weight excluding hydrogens is 333 g/mol. The van der Waals surface area contributed by atoms with Crippen LogP contribution in [0.25, 0.3) is 11.0 Å². The van der Waals surface area contributed by atoms with E-state index in [1.165, 1.54) is 18.2 Å². The molecule has 0 spiro atoms. The number of anilines is 1. The number of halogens is 2. The summed E-state index contributed by atoms with van der Waals surface area (Å²) in [6.45, 7) is 0. The molecule has 3 aromatic rings. The van der Waals surface area contributed by atoms with Crippen molar-refractivity contribution in [1.29, 1.82) is 0 Å². The topological polar surface area (TPSA) is 74.8 Å². The first kappa shape index (κ1) is 16.1. The van der Waals surface area contributed by atoms with E-state index in [0.29, 0.717) is 16.1 Å². The Morgan fingerprint density at radius 2 is 2.04 bits per heavy atom. The zero-order valence-corrected chi connectivity index (χ0v) is 13.2. The molecule has 0 aliphatic carbocycles. The van der Waals surface area contributed by atoms with Gasteiger partial charge in [0.1, 0.15) is 11.5 Å². The van der Waals surface area contributed by atoms with Gasteiger partial charge in [-0.05, 0) is 30.3 Å². The highest BCUT2D eigenvalue weighted by atomic mass is 35.5. The lowest BCUT2D eigenvalue weighted by molar-refractivity contribution is -0.116. The van der Waals surface area contributed by atoms with Gasteiger partial charge in [0.15, 0.2) is 0 Å². The van der Waals surface area contributed by atoms with Gasteiger partial charge in [0, 0.05) is 17.9 Å². The Morgan fingerprint density at radius 3 is 2.88 bits per heavy atom. The number of H-pyrrole nitrogens is 1. The number of hydrogen-bond donors (Lipinski definition) is 2. The zero-order valence-electron chi connectivity index (χ0n) is 12.5. The summed E-state index contributed by atoms with van der Waals surface area (Å²) < 4.78 is 13.6. The summed E-state index contributed by atoms with van der Waals surface area (Å²) in [4.78, 5) is 30.9. The Kier molecular flexibility index (Phi) is 4.57. The van der Waals surface area contributed by atoms with E-state index in [-0.39, 0.29) is 29.8 Å². The SMILES string of the molecule is O=C(CCc1nc2ccccc2[nH]c1=O)Nc1cc(Cl)ccc1F. The molecule has 0 fully saturated rings. The van der Waals surface area contributed by atoms with Gasteiger partial charge in [-0.25, -0.2) is 9.37 Å². The molecule has 1 heterocycles. The second-order valence-electron chi connectivity index (χ2n) is 5.20. The van der Waals surface area contributed by atoms with Crippen molar-refractivity contribution < 1.29 is 9.18 Å². The lowest BCUT2D eigenvalue weighted by atomic mass is 10.2. The number of benzene rings is 2. The Balaban J connectivity index is 1.71. The van der Waals surface area contributed by atoms with E-state index >= 15 is 0 Å². The van der Waals surface area contributed by atoms with Crippen molar-refractivity contribution in [2.75, 3.05) is 5.32 Å². The molecule has 0 radical (unpaired) electrons. The van der Waals surface area contributed by atoms with Gasteiger partial charge in [0.05, 0.1) is 16.7 Å². The summed E-state index contributed by atoms with van der Waals surface area (Å²) in [5.41, 5.74) is 1.21. The highest BCUT2D eigenvalue weighted by Gasteiger charge is 2.11. The quantitative estimate of drug-likeness (QED) is 0.762. The largest absolute Gasteiger partial charge is 0.324 e. The third kappa shape index (κ3) is 3.60. The number of aromatic nitrogens is 2. The van der Waals surface area contributed by atoms with E-state index in [2.05, 4.69) is 15.3 Å². The van der Waals surface area contributed by atoms with Crippen molar-refractivity contribution in [1.82, 2.24) is 9.97 Å². The Bertz CT molecular complexity index is 971. The van der Waals surface area contributed by atoms with Crippen molar-refractivity contribution in [3.63, 3.8) is 0 Å². The van der Waals surface area contributed by atoms with Gasteiger partial charge in [-0.15, -0.1) is 0 Å². The maximum absolute atomic E-state index is 13.6. The fraction of sp³-hybridized carbons (Fsp3) is 0.118. The normalized spacial score (nSPS) is 10.8. The van der Waals surface area contributed by atoms with Crippen LogP contribution in [0, 0.1) is 5.82 Å². The first-order valence-corrected chi connectivity index (χ1v) is 7.63. The first-order chi connectivity index (χ1) is 11.5. The molecule has 5 nitrogen and oxygen atoms in total. The van der Waals surface area contributed by atoms with E-state index in [1.54, 1.807) is 18.2 Å². The first-order valence-electron chi connectivity index (χ1n) is 7.26. The van der Waals surface area contributed by atoms with Crippen LogP contribution in [0.4, 0.5) is 10.1 Å². The van der Waals surface area contributed by atoms with Crippen LogP contribution in [0.1, 0.15) is 12.1 Å². The summed E-state index contributed by atoms with van der Waals surface area (Å²) >= 11 is 5.78. The number of hydrogen-bond acceptors (Lipinski definition) is 3. The number of amides is 1. The average molecular weight is 346 g/mol. The van der Waals surface area contributed by atoms with Gasteiger partial charge in [-0.2, -0.15) is 0 Å². The average Bonchev–Trinajstić information content (AvgIpc) is 2.56. The van der Waals surface area contributed by atoms with Crippen LogP contribution in [-0.2, 0) is 11.2 Å². The number of nitrogens with one attached hydrogen (secondary N) is 2. The van der Waals surface area contributed by atoms with E-state index in [1.807, 2.05) is 6.07 Å². The van der Waals surface area contributed by atoms with Crippen LogP contribution in [0.15, 0.2) is 47.3 Å². The molecule has 1 aromatic heterocycles. The molecular formula is C17H13ClFN3O2. The molecule has 2 N–H and O–H groups in total. The number of para-hydroxylation sites is 2. The number of carbonyl (C=O) groups excluding carboxylic acids is 1. The molecule has 0 bridgehead atoms. The number of fused-ring (bicyclic) bond motifs is 1. The Morgan fingerprint density at radius 1 is 1.25 bits per heavy atom. The second-order valence-corrected chi connectivity index (χ2v) is 5.64. The molecule has 2 aromatic carbocycles. The summed E-state index contributed by atoms with van der Waals surface area (Å²) in [5, 5.41) is 2.76. The fourth-order valence-corrected chi connectivity index (χ4v) is 2.45. The van der Waals surface area contributed by atoms with Gasteiger partial charge in [-0.1, -0.05) is 23.7 Å². The van der Waals surface area contributed by atoms with Crippen molar-refractivity contribution in [2.45, 2.75) is 12.8 Å². The minimum absolute atomic E-state index is 0.000371. The summed E-state index contributed by atoms with van der Waals surface area (Å²) in [7, 11) is 0. The van der Waals surface area contributed by atoms with Crippen molar-refractivity contribution >= 4 is 34.2 Å². The molecule has 1 amide bonds. The molecule has 0 saturated heterocycles. The van der Waals surface area contributed by atoms with Gasteiger partial charge in [0.25, 0.3) is 5.56 Å². The van der Waals surface area contributed by atoms with Crippen LogP contribution in [0.5, 0.6) is 0 Å². The number of nitrogens with zero attached hydrogens (tertiary/aromatic N) is 1. The lowest BCUT2D eigenvalue weighted by Gasteiger charge is -2.07. The summed E-state index contributed by atoms with van der Waals surface area (Å²) in [5.74, 6) is -1.00. The summed E-state index contributed by atoms with van der Waals surface area (Å²) in [6, 6.07) is 11.0. The van der Waals surface area contributed by atoms with E-state index < -0.39 is 11.7 Å². The maximum Gasteiger partial charge on any atom is 0.270 e. The van der Waals surface area contributed by atoms with Crippen LogP contribution < -0.4 is 10.9 Å². The van der Waals surface area contributed by atoms with Crippen LogP contribution in [-0.4, -0.2) is 15.9 Å². The predicted molar refractivity (Wildman–Crippen MR) is 90.7 cm³/mol. The standard InChI is InChI=1S/C17H13ClFN3O2/c18-10-5-6-11(19)15(9-10)21-16(23)8-7-14-17(24)22-13-4-2-1-3-12(13)20-14/h1-6,9H,7-8H2,(H,21,23)(H,22,24). The maximum atomic E-state index is 13.6. The van der Waals surface area contributed by atoms with Crippen molar-refractivity contribution in [2.24, 2.45) is 0 Å². The molecule has 3 rings (SSSR count). The third-order valence-corrected chi connectivity index (χ3v) is 3.70. The third-order valence-electron chi connectivity index (χ3n) is 3.46. The minimum Gasteiger partial charge on any atom is -0.324 e. The smallest absolute Gasteiger partial charge is 0.270 e. The van der Waals surface area contributed by atoms with Gasteiger partial charge >= 0.3 is 0 Å². The predicted octanol–water partition coefficient (Wildman–Crippen LogP) is 3.29. The number of aryl methyl sites for hydroxylation is 1. The second kappa shape index (κ2) is 6.80. The van der Waals surface area contributed by atoms with Crippen molar-refractivity contribution in [3.8, 4) is 0 Å². The molecule has 0 aliphatic heterocycles. The van der Waals surface area contributed by atoms with Crippen molar-refractivity contribution in [3.05, 3.63) is 69.4 Å². The number of aromatic amines is 1. The minimum atomic E-state index is -0.575. The van der Waals surface area contributed by atoms with Gasteiger partial charge in [0.2, 0.25) is 5.91 Å². The highest BCUT2D eigenvalue weighted by molar-refractivity contribution is 6.30. The van der Waals surface area contributed by atoms with E-state index in [0.717, 1.165) is 0 Å². The summed E-state index contributed by atoms with van der Waals surface area (Å²) in [6.07, 6.45) is 0.147. The lowest BCUT2D eigenvalue weighted by Crippen LogP contribution is -2.19. The van der Waals surface area contributed by atoms with Crippen LogP contribution in [0.2, 0.25) is 5.02 Å². The number of carbonyl (C=O) groups is 1. The Labute approximate surface area is 141 Å². The molecule has 122 valence electrons. The monoisotopic (exact) mass is 345 g/mol. The molecule has 0 aliphatic rings. The molecule has 0 atom stereocenters. The van der Waals surface area contributed by atoms with Gasteiger partial charge < -0.3 is 10.3 Å². The molecule has 0 saturated carbocycles. The van der Waals surface area contributed by atoms with Crippen LogP contribution >= 0.6 is 11.6 Å². The van der Waals surface area contributed by atoms with E-state index in [9.17, 15) is 14.0 Å². The molecule has 24 heavy (non-hydrogen) atoms. The Hall–Kier alpha value is -2.73. The molecule has 0 unspecified atom stereocenters. The molecule has 7 heteroatoms. The zero-order chi connectivity index (χ0) is 17.1.